The first-order valence-electron chi connectivity index (χ1n) is 5.73. The van der Waals surface area contributed by atoms with E-state index in [4.69, 9.17) is 9.47 Å². The Kier molecular flexibility index (Phi) is 5.65. The Bertz CT molecular complexity index is 190. The summed E-state index contributed by atoms with van der Waals surface area (Å²) in [6.45, 7) is 6.10. The monoisotopic (exact) mass is 215 g/mol. The number of ether oxygens (including phenoxy) is 2. The van der Waals surface area contributed by atoms with Gasteiger partial charge in [-0.2, -0.15) is 0 Å². The predicted molar refractivity (Wildman–Crippen MR) is 57.7 cm³/mol. The second-order valence-corrected chi connectivity index (χ2v) is 3.98. The number of carbonyl (C=O) groups is 1. The lowest BCUT2D eigenvalue weighted by molar-refractivity contribution is -0.147. The maximum Gasteiger partial charge on any atom is 0.307 e. The summed E-state index contributed by atoms with van der Waals surface area (Å²) in [4.78, 5) is 11.4. The van der Waals surface area contributed by atoms with Crippen LogP contribution in [0.4, 0.5) is 0 Å². The van der Waals surface area contributed by atoms with Crippen molar-refractivity contribution in [2.45, 2.75) is 45.3 Å². The van der Waals surface area contributed by atoms with Gasteiger partial charge < -0.3 is 14.8 Å². The maximum atomic E-state index is 11.4. The number of carbonyl (C=O) groups excluding carboxylic acids is 1. The average molecular weight is 215 g/mol. The van der Waals surface area contributed by atoms with Gasteiger partial charge in [0, 0.05) is 12.6 Å². The van der Waals surface area contributed by atoms with Gasteiger partial charge in [0.1, 0.15) is 6.61 Å². The number of hydrogen-bond donors (Lipinski definition) is 1. The third-order valence-corrected chi connectivity index (χ3v) is 2.48. The summed E-state index contributed by atoms with van der Waals surface area (Å²) in [5, 5.41) is 3.17. The molecule has 1 N–H and O–H groups in total. The van der Waals surface area contributed by atoms with Crippen molar-refractivity contribution in [1.29, 1.82) is 0 Å². The molecule has 0 amide bonds. The molecular formula is C11H21NO3. The lowest BCUT2D eigenvalue weighted by atomic mass is 10.2. The van der Waals surface area contributed by atoms with Gasteiger partial charge in [-0.05, 0) is 26.3 Å². The normalized spacial score (nSPS) is 22.7. The fourth-order valence-corrected chi connectivity index (χ4v) is 1.69. The highest BCUT2D eigenvalue weighted by Crippen LogP contribution is 2.12. The summed E-state index contributed by atoms with van der Waals surface area (Å²) in [5.41, 5.74) is 0. The van der Waals surface area contributed by atoms with Crippen molar-refractivity contribution in [1.82, 2.24) is 5.32 Å². The van der Waals surface area contributed by atoms with Crippen LogP contribution in [-0.4, -0.2) is 37.9 Å². The van der Waals surface area contributed by atoms with E-state index in [1.807, 2.05) is 13.8 Å². The lowest BCUT2D eigenvalue weighted by Crippen LogP contribution is -2.29. The van der Waals surface area contributed by atoms with Gasteiger partial charge in [-0.25, -0.2) is 0 Å². The van der Waals surface area contributed by atoms with Crippen molar-refractivity contribution in [2.75, 3.05) is 19.8 Å². The van der Waals surface area contributed by atoms with E-state index < -0.39 is 0 Å². The van der Waals surface area contributed by atoms with E-state index in [2.05, 4.69) is 5.32 Å². The number of hydrogen-bond acceptors (Lipinski definition) is 4. The highest BCUT2D eigenvalue weighted by atomic mass is 16.6. The van der Waals surface area contributed by atoms with Gasteiger partial charge in [0.15, 0.2) is 0 Å². The molecule has 0 aliphatic carbocycles. The first kappa shape index (κ1) is 12.5. The van der Waals surface area contributed by atoms with Crippen LogP contribution in [0.2, 0.25) is 0 Å². The summed E-state index contributed by atoms with van der Waals surface area (Å²) in [5.74, 6) is -0.140. The molecule has 0 radical (unpaired) electrons. The van der Waals surface area contributed by atoms with E-state index in [9.17, 15) is 4.79 Å². The predicted octanol–water partition coefficient (Wildman–Crippen LogP) is 1.10. The molecule has 1 heterocycles. The van der Waals surface area contributed by atoms with Crippen molar-refractivity contribution in [2.24, 2.45) is 0 Å². The highest BCUT2D eigenvalue weighted by molar-refractivity contribution is 5.70. The van der Waals surface area contributed by atoms with Crippen LogP contribution in [0.5, 0.6) is 0 Å². The Hall–Kier alpha value is -0.610. The molecule has 15 heavy (non-hydrogen) atoms. The van der Waals surface area contributed by atoms with Crippen molar-refractivity contribution in [3.05, 3.63) is 0 Å². The van der Waals surface area contributed by atoms with Crippen LogP contribution in [0.3, 0.4) is 0 Å². The quantitative estimate of drug-likeness (QED) is 0.674. The number of esters is 1. The topological polar surface area (TPSA) is 47.6 Å². The third-order valence-electron chi connectivity index (χ3n) is 2.48. The smallest absolute Gasteiger partial charge is 0.307 e. The van der Waals surface area contributed by atoms with Crippen LogP contribution in [-0.2, 0) is 14.3 Å². The van der Waals surface area contributed by atoms with Crippen LogP contribution in [0.1, 0.15) is 33.1 Å². The molecule has 0 aromatic heterocycles. The molecule has 1 rings (SSSR count). The molecule has 2 unspecified atom stereocenters. The fourth-order valence-electron chi connectivity index (χ4n) is 1.69. The van der Waals surface area contributed by atoms with Gasteiger partial charge in [-0.1, -0.05) is 6.92 Å². The number of nitrogens with one attached hydrogen (secondary N) is 1. The van der Waals surface area contributed by atoms with Crippen molar-refractivity contribution < 1.29 is 14.3 Å². The van der Waals surface area contributed by atoms with E-state index in [-0.39, 0.29) is 18.1 Å². The van der Waals surface area contributed by atoms with E-state index >= 15 is 0 Å². The van der Waals surface area contributed by atoms with Crippen LogP contribution < -0.4 is 5.32 Å². The Balaban J connectivity index is 2.07. The molecule has 1 saturated heterocycles. The second kappa shape index (κ2) is 6.80. The van der Waals surface area contributed by atoms with Gasteiger partial charge >= 0.3 is 5.97 Å². The average Bonchev–Trinajstić information content (AvgIpc) is 2.67. The van der Waals surface area contributed by atoms with Crippen molar-refractivity contribution in [3.8, 4) is 0 Å². The lowest BCUT2D eigenvalue weighted by Gasteiger charge is -2.13. The standard InChI is InChI=1S/C11H21NO3/c1-3-12-9(2)7-11(13)15-8-10-5-4-6-14-10/h9-10,12H,3-8H2,1-2H3. The molecule has 0 aromatic carbocycles. The molecule has 0 spiro atoms. The molecule has 1 fully saturated rings. The molecule has 0 bridgehead atoms. The molecule has 4 nitrogen and oxygen atoms in total. The molecule has 4 heteroatoms. The minimum atomic E-state index is -0.140. The first-order valence-corrected chi connectivity index (χ1v) is 5.73. The van der Waals surface area contributed by atoms with Gasteiger partial charge in [0.25, 0.3) is 0 Å². The summed E-state index contributed by atoms with van der Waals surface area (Å²) in [6, 6.07) is 0.187. The van der Waals surface area contributed by atoms with E-state index in [1.165, 1.54) is 0 Å². The van der Waals surface area contributed by atoms with E-state index in [0.717, 1.165) is 26.0 Å². The van der Waals surface area contributed by atoms with Gasteiger partial charge in [-0.3, -0.25) is 4.79 Å². The highest BCUT2D eigenvalue weighted by Gasteiger charge is 2.18. The second-order valence-electron chi connectivity index (χ2n) is 3.98. The van der Waals surface area contributed by atoms with E-state index in [0.29, 0.717) is 13.0 Å². The van der Waals surface area contributed by atoms with E-state index in [1.54, 1.807) is 0 Å². The Morgan fingerprint density at radius 3 is 3.07 bits per heavy atom. The van der Waals surface area contributed by atoms with Crippen molar-refractivity contribution in [3.63, 3.8) is 0 Å². The molecular weight excluding hydrogens is 194 g/mol. The minimum Gasteiger partial charge on any atom is -0.463 e. The van der Waals surface area contributed by atoms with Crippen molar-refractivity contribution >= 4 is 5.97 Å². The zero-order chi connectivity index (χ0) is 11.1. The third kappa shape index (κ3) is 5.14. The fraction of sp³-hybridized carbons (Fsp3) is 0.909. The summed E-state index contributed by atoms with van der Waals surface area (Å²) in [7, 11) is 0. The molecule has 2 atom stereocenters. The van der Waals surface area contributed by atoms with Crippen LogP contribution in [0, 0.1) is 0 Å². The molecule has 0 aromatic rings. The Labute approximate surface area is 91.3 Å². The Morgan fingerprint density at radius 1 is 1.67 bits per heavy atom. The Morgan fingerprint density at radius 2 is 2.47 bits per heavy atom. The molecule has 88 valence electrons. The molecule has 1 aliphatic heterocycles. The maximum absolute atomic E-state index is 11.4. The molecule has 1 aliphatic rings. The summed E-state index contributed by atoms with van der Waals surface area (Å²) in [6.07, 6.45) is 2.65. The van der Waals surface area contributed by atoms with Gasteiger partial charge in [-0.15, -0.1) is 0 Å². The van der Waals surface area contributed by atoms with Crippen LogP contribution >= 0.6 is 0 Å². The minimum absolute atomic E-state index is 0.128. The zero-order valence-corrected chi connectivity index (χ0v) is 9.62. The largest absolute Gasteiger partial charge is 0.463 e. The zero-order valence-electron chi connectivity index (χ0n) is 9.62. The van der Waals surface area contributed by atoms with Crippen LogP contribution in [0.15, 0.2) is 0 Å². The first-order chi connectivity index (χ1) is 7.22. The van der Waals surface area contributed by atoms with Gasteiger partial charge in [0.2, 0.25) is 0 Å². The van der Waals surface area contributed by atoms with Crippen LogP contribution in [0.25, 0.3) is 0 Å². The molecule has 0 saturated carbocycles. The summed E-state index contributed by atoms with van der Waals surface area (Å²) >= 11 is 0. The van der Waals surface area contributed by atoms with Gasteiger partial charge in [0.05, 0.1) is 12.5 Å². The summed E-state index contributed by atoms with van der Waals surface area (Å²) < 4.78 is 10.5. The number of rotatable bonds is 6. The SMILES string of the molecule is CCNC(C)CC(=O)OCC1CCCO1.